The Morgan fingerprint density at radius 3 is 2.51 bits per heavy atom. The molecule has 0 spiro atoms. The van der Waals surface area contributed by atoms with Crippen LogP contribution >= 0.6 is 22.9 Å². The predicted octanol–water partition coefficient (Wildman–Crippen LogP) is 7.98. The van der Waals surface area contributed by atoms with Crippen LogP contribution in [0.2, 0.25) is 5.02 Å². The van der Waals surface area contributed by atoms with Gasteiger partial charge in [0.15, 0.2) is 0 Å². The maximum Gasteiger partial charge on any atom is 0.490 e. The summed E-state index contributed by atoms with van der Waals surface area (Å²) in [6.07, 6.45) is 2.42. The van der Waals surface area contributed by atoms with E-state index in [0.29, 0.717) is 23.2 Å². The minimum atomic E-state index is -5.08. The van der Waals surface area contributed by atoms with Crippen LogP contribution in [-0.2, 0) is 35.6 Å². The Balaban J connectivity index is 0.000000672. The number of aliphatic carboxylic acids is 1. The number of nitrogens with zero attached hydrogens (tertiary/aromatic N) is 6. The van der Waals surface area contributed by atoms with Crippen molar-refractivity contribution in [1.29, 1.82) is 0 Å². The van der Waals surface area contributed by atoms with Crippen LogP contribution < -0.4 is 10.1 Å². The second-order valence-corrected chi connectivity index (χ2v) is 14.7. The van der Waals surface area contributed by atoms with Crippen molar-refractivity contribution in [1.82, 2.24) is 29.5 Å². The van der Waals surface area contributed by atoms with E-state index in [1.807, 2.05) is 23.1 Å². The first-order chi connectivity index (χ1) is 26.3. The molecular weight excluding hydrogens is 762 g/mol. The van der Waals surface area contributed by atoms with E-state index in [1.165, 1.54) is 28.1 Å². The summed E-state index contributed by atoms with van der Waals surface area (Å²) >= 11 is 8.27. The smallest absolute Gasteiger partial charge is 0.487 e. The number of thiophene rings is 1. The first-order valence-corrected chi connectivity index (χ1v) is 19.1. The van der Waals surface area contributed by atoms with Crippen molar-refractivity contribution in [3.8, 4) is 16.2 Å². The molecule has 7 rings (SSSR count). The lowest BCUT2D eigenvalue weighted by Gasteiger charge is -2.33. The number of likely N-dealkylation sites (tertiary alicyclic amines) is 1. The van der Waals surface area contributed by atoms with Gasteiger partial charge in [0.2, 0.25) is 5.91 Å². The van der Waals surface area contributed by atoms with E-state index in [2.05, 4.69) is 44.9 Å². The maximum absolute atomic E-state index is 13.5. The van der Waals surface area contributed by atoms with Crippen molar-refractivity contribution in [3.63, 3.8) is 0 Å². The van der Waals surface area contributed by atoms with Crippen LogP contribution in [0.4, 0.5) is 29.1 Å². The number of carbonyl (C=O) groups excluding carboxylic acids is 1. The van der Waals surface area contributed by atoms with E-state index in [0.717, 1.165) is 91.4 Å². The topological polar surface area (TPSA) is 126 Å². The fraction of sp³-hybridized carbons (Fsp3) is 0.395. The van der Waals surface area contributed by atoms with E-state index in [1.54, 1.807) is 29.8 Å². The minimum absolute atomic E-state index is 0.216. The average Bonchev–Trinajstić information content (AvgIpc) is 3.75. The molecule has 0 saturated carbocycles. The lowest BCUT2D eigenvalue weighted by Crippen LogP contribution is -2.44. The van der Waals surface area contributed by atoms with Gasteiger partial charge in [0.1, 0.15) is 35.1 Å². The number of anilines is 2. The third-order valence-electron chi connectivity index (χ3n) is 9.67. The van der Waals surface area contributed by atoms with Gasteiger partial charge in [-0.1, -0.05) is 37.6 Å². The first kappa shape index (κ1) is 39.9. The van der Waals surface area contributed by atoms with Gasteiger partial charge in [0.25, 0.3) is 0 Å². The van der Waals surface area contributed by atoms with Crippen molar-refractivity contribution >= 4 is 56.5 Å². The molecule has 0 unspecified atom stereocenters. The highest BCUT2D eigenvalue weighted by atomic mass is 35.5. The van der Waals surface area contributed by atoms with Crippen LogP contribution in [0.25, 0.3) is 20.7 Å². The lowest BCUT2D eigenvalue weighted by atomic mass is 9.95. The maximum atomic E-state index is 13.5. The van der Waals surface area contributed by atoms with Crippen molar-refractivity contribution in [3.05, 3.63) is 82.6 Å². The molecule has 2 aliphatic rings. The Bertz CT molecular complexity index is 2150. The van der Waals surface area contributed by atoms with Gasteiger partial charge in [-0.2, -0.15) is 18.3 Å². The predicted molar refractivity (Wildman–Crippen MR) is 202 cm³/mol. The molecule has 17 heteroatoms. The van der Waals surface area contributed by atoms with Gasteiger partial charge in [0, 0.05) is 42.0 Å². The molecule has 1 aliphatic heterocycles. The molecule has 1 aliphatic carbocycles. The summed E-state index contributed by atoms with van der Waals surface area (Å²) in [5.74, 6) is -1.06. The number of nitrogens with one attached hydrogen (secondary N) is 1. The first-order valence-electron chi connectivity index (χ1n) is 17.9. The van der Waals surface area contributed by atoms with E-state index < -0.39 is 12.1 Å². The Labute approximate surface area is 323 Å². The second-order valence-electron chi connectivity index (χ2n) is 13.3. The van der Waals surface area contributed by atoms with Crippen molar-refractivity contribution < 1.29 is 37.0 Å². The summed E-state index contributed by atoms with van der Waals surface area (Å²) in [6.45, 7) is 9.22. The van der Waals surface area contributed by atoms with Crippen LogP contribution in [0, 0.1) is 11.7 Å². The number of likely N-dealkylation sites (N-methyl/N-ethyl adjacent to an activating group) is 1. The fourth-order valence-electron chi connectivity index (χ4n) is 6.70. The zero-order valence-electron chi connectivity index (χ0n) is 30.2. The number of rotatable bonds is 11. The molecule has 5 aromatic rings. The van der Waals surface area contributed by atoms with Crippen molar-refractivity contribution in [2.75, 3.05) is 38.0 Å². The Kier molecular flexibility index (Phi) is 12.6. The normalized spacial score (nSPS) is 14.3. The number of hydrogen-bond donors (Lipinski definition) is 2. The number of piperidine rings is 1. The highest BCUT2D eigenvalue weighted by Gasteiger charge is 2.38. The van der Waals surface area contributed by atoms with Crippen molar-refractivity contribution in [2.24, 2.45) is 5.92 Å². The van der Waals surface area contributed by atoms with E-state index in [9.17, 15) is 22.4 Å². The average molecular weight is 802 g/mol. The number of ether oxygens (including phenoxy) is 1. The molecule has 2 aromatic carbocycles. The monoisotopic (exact) mass is 801 g/mol. The second kappa shape index (κ2) is 17.3. The molecule has 4 heterocycles. The molecule has 3 aromatic heterocycles. The molecule has 11 nitrogen and oxygen atoms in total. The Morgan fingerprint density at radius 1 is 1.09 bits per heavy atom. The van der Waals surface area contributed by atoms with Gasteiger partial charge >= 0.3 is 12.1 Å². The number of hydrogen-bond acceptors (Lipinski definition) is 9. The largest absolute Gasteiger partial charge is 0.490 e. The molecule has 292 valence electrons. The number of fused-ring (bicyclic) bond motifs is 5. The zero-order valence-corrected chi connectivity index (χ0v) is 31.8. The number of aromatic nitrogens is 4. The minimum Gasteiger partial charge on any atom is -0.487 e. The summed E-state index contributed by atoms with van der Waals surface area (Å²) in [5, 5.41) is 17.1. The van der Waals surface area contributed by atoms with Gasteiger partial charge < -0.3 is 20.1 Å². The van der Waals surface area contributed by atoms with Crippen LogP contribution in [0.5, 0.6) is 5.75 Å². The highest BCUT2D eigenvalue weighted by molar-refractivity contribution is 7.22. The van der Waals surface area contributed by atoms with Gasteiger partial charge in [-0.3, -0.25) is 14.4 Å². The number of aryl methyl sites for hydroxylation is 2. The third-order valence-corrected chi connectivity index (χ3v) is 11.1. The molecule has 1 saturated heterocycles. The van der Waals surface area contributed by atoms with Crippen LogP contribution in [-0.4, -0.2) is 85.4 Å². The number of carboxylic acid groups (broad SMARTS) is 1. The van der Waals surface area contributed by atoms with Gasteiger partial charge in [-0.05, 0) is 86.1 Å². The molecule has 1 fully saturated rings. The highest BCUT2D eigenvalue weighted by Crippen LogP contribution is 2.45. The Hall–Kier alpha value is -4.80. The molecule has 0 radical (unpaired) electrons. The lowest BCUT2D eigenvalue weighted by molar-refractivity contribution is -0.192. The van der Waals surface area contributed by atoms with Gasteiger partial charge in [-0.25, -0.2) is 19.2 Å². The van der Waals surface area contributed by atoms with Gasteiger partial charge in [-0.15, -0.1) is 11.3 Å². The van der Waals surface area contributed by atoms with Gasteiger partial charge in [0.05, 0.1) is 22.6 Å². The number of amides is 1. The molecule has 0 bridgehead atoms. The van der Waals surface area contributed by atoms with E-state index in [4.69, 9.17) is 31.3 Å². The zero-order chi connectivity index (χ0) is 39.3. The van der Waals surface area contributed by atoms with Crippen molar-refractivity contribution in [2.45, 2.75) is 58.9 Å². The number of carboxylic acids is 1. The molecule has 1 amide bonds. The molecular formula is C38H40ClF4N7O4S. The summed E-state index contributed by atoms with van der Waals surface area (Å²) in [4.78, 5) is 37.3. The fourth-order valence-corrected chi connectivity index (χ4v) is 8.16. The molecule has 2 N–H and O–H groups in total. The van der Waals surface area contributed by atoms with Crippen LogP contribution in [0.15, 0.2) is 55.0 Å². The summed E-state index contributed by atoms with van der Waals surface area (Å²) in [5.41, 5.74) is 5.06. The SMILES string of the molecule is CCN(CC)CC(=O)N1CCC(Cn2cc3c(n2)CCc2c-3sc3ncnc(Nc4ccc(OCc5cccc(F)c5)c(Cl)c4)c23)CC1.O=C(O)C(F)(F)F. The summed E-state index contributed by atoms with van der Waals surface area (Å²) < 4.78 is 53.3. The van der Waals surface area contributed by atoms with Crippen LogP contribution in [0.3, 0.4) is 0 Å². The number of alkyl halides is 3. The number of benzene rings is 2. The Morgan fingerprint density at radius 2 is 1.84 bits per heavy atom. The summed E-state index contributed by atoms with van der Waals surface area (Å²) in [7, 11) is 0. The third kappa shape index (κ3) is 9.72. The van der Waals surface area contributed by atoms with E-state index >= 15 is 0 Å². The quantitative estimate of drug-likeness (QED) is 0.128. The van der Waals surface area contributed by atoms with E-state index in [-0.39, 0.29) is 18.3 Å². The van der Waals surface area contributed by atoms with Crippen LogP contribution in [0.1, 0.15) is 43.5 Å². The standard InChI is InChI=1S/C36H39ClFN7O2S.C2HF3O2/c1-3-43(4-2)20-32(46)44-14-12-23(13-15-44)18-45-19-28-30(42-45)10-9-27-33-35(39-22-40-36(33)48-34(27)28)41-26-8-11-31(29(37)17-26)47-21-24-6-5-7-25(38)16-24;3-2(4,5)1(6)7/h5-8,11,16-17,19,22-23H,3-4,9-10,12-15,18,20-21H2,1-2H3,(H,39,40,41);(H,6,7). The number of halogens is 5. The number of carbonyl (C=O) groups is 2. The molecule has 55 heavy (non-hydrogen) atoms. The molecule has 0 atom stereocenters. The summed E-state index contributed by atoms with van der Waals surface area (Å²) in [6, 6.07) is 11.8.